The summed E-state index contributed by atoms with van der Waals surface area (Å²) in [5.41, 5.74) is 1.92. The van der Waals surface area contributed by atoms with Gasteiger partial charge in [-0.05, 0) is 49.3 Å². The van der Waals surface area contributed by atoms with E-state index in [0.29, 0.717) is 49.6 Å². The second-order valence-corrected chi connectivity index (χ2v) is 6.50. The van der Waals surface area contributed by atoms with Crippen LogP contribution in [0.2, 0.25) is 0 Å². The number of phenolic OH excluding ortho intramolecular Hbond substituents is 1. The van der Waals surface area contributed by atoms with Crippen LogP contribution in [0.25, 0.3) is 0 Å². The Hall–Kier alpha value is -1.64. The van der Waals surface area contributed by atoms with E-state index in [2.05, 4.69) is 0 Å². The van der Waals surface area contributed by atoms with Gasteiger partial charge in [-0.2, -0.15) is 0 Å². The van der Waals surface area contributed by atoms with Crippen molar-refractivity contribution >= 4 is 11.6 Å². The average molecular weight is 304 g/mol. The van der Waals surface area contributed by atoms with E-state index in [-0.39, 0.29) is 5.78 Å². The number of carbonyl (C=O) groups is 2. The lowest BCUT2D eigenvalue weighted by atomic mass is 10.00. The first kappa shape index (κ1) is 18.4. The van der Waals surface area contributed by atoms with Crippen molar-refractivity contribution in [2.45, 2.75) is 65.7 Å². The molecule has 0 bridgehead atoms. The van der Waals surface area contributed by atoms with E-state index in [1.165, 1.54) is 0 Å². The van der Waals surface area contributed by atoms with Crippen LogP contribution in [0, 0.1) is 12.8 Å². The lowest BCUT2D eigenvalue weighted by Crippen LogP contribution is -2.04. The summed E-state index contributed by atoms with van der Waals surface area (Å²) in [5, 5.41) is 9.47. The monoisotopic (exact) mass is 304 g/mol. The first-order valence-electron chi connectivity index (χ1n) is 8.20. The molecule has 22 heavy (non-hydrogen) atoms. The standard InChI is InChI=1S/C19H28O3/c1-14(2)12-18(21)7-5-4-6-17(20)10-8-16-9-11-19(22)15(3)13-16/h9,11,13-14,22H,4-8,10,12H2,1-3H3. The van der Waals surface area contributed by atoms with Crippen LogP contribution in [0.3, 0.4) is 0 Å². The van der Waals surface area contributed by atoms with E-state index >= 15 is 0 Å². The van der Waals surface area contributed by atoms with Gasteiger partial charge in [0.25, 0.3) is 0 Å². The minimum atomic E-state index is 0.252. The minimum absolute atomic E-state index is 0.252. The van der Waals surface area contributed by atoms with Crippen LogP contribution >= 0.6 is 0 Å². The zero-order chi connectivity index (χ0) is 16.5. The highest BCUT2D eigenvalue weighted by Crippen LogP contribution is 2.18. The molecular formula is C19H28O3. The number of ketones is 2. The summed E-state index contributed by atoms with van der Waals surface area (Å²) in [7, 11) is 0. The predicted molar refractivity (Wildman–Crippen MR) is 89.1 cm³/mol. The summed E-state index contributed by atoms with van der Waals surface area (Å²) in [5.74, 6) is 1.27. The van der Waals surface area contributed by atoms with Crippen LogP contribution in [0.5, 0.6) is 5.75 Å². The molecule has 1 aromatic carbocycles. The first-order valence-corrected chi connectivity index (χ1v) is 8.20. The van der Waals surface area contributed by atoms with Crippen molar-refractivity contribution in [3.63, 3.8) is 0 Å². The van der Waals surface area contributed by atoms with Gasteiger partial charge in [0.15, 0.2) is 0 Å². The highest BCUT2D eigenvalue weighted by molar-refractivity contribution is 5.79. The van der Waals surface area contributed by atoms with Crippen molar-refractivity contribution in [2.24, 2.45) is 5.92 Å². The summed E-state index contributed by atoms with van der Waals surface area (Å²) in [6.07, 6.45) is 4.67. The molecular weight excluding hydrogens is 276 g/mol. The normalized spacial score (nSPS) is 10.9. The van der Waals surface area contributed by atoms with Crippen molar-refractivity contribution < 1.29 is 14.7 Å². The number of benzene rings is 1. The SMILES string of the molecule is Cc1cc(CCC(=O)CCCCC(=O)CC(C)C)ccc1O. The second kappa shape index (κ2) is 9.39. The fourth-order valence-electron chi connectivity index (χ4n) is 2.48. The predicted octanol–water partition coefficient (Wildman–Crippen LogP) is 4.38. The van der Waals surface area contributed by atoms with Crippen LogP contribution in [0.15, 0.2) is 18.2 Å². The number of aryl methyl sites for hydroxylation is 2. The first-order chi connectivity index (χ1) is 10.4. The largest absolute Gasteiger partial charge is 0.508 e. The molecule has 1 N–H and O–H groups in total. The number of carbonyl (C=O) groups excluding carboxylic acids is 2. The number of rotatable bonds is 10. The van der Waals surface area contributed by atoms with Crippen molar-refractivity contribution in [1.29, 1.82) is 0 Å². The second-order valence-electron chi connectivity index (χ2n) is 6.50. The molecule has 0 saturated heterocycles. The van der Waals surface area contributed by atoms with E-state index in [1.807, 2.05) is 32.9 Å². The lowest BCUT2D eigenvalue weighted by Gasteiger charge is -2.05. The fourth-order valence-corrected chi connectivity index (χ4v) is 2.48. The molecule has 0 unspecified atom stereocenters. The Morgan fingerprint density at radius 2 is 1.68 bits per heavy atom. The highest BCUT2D eigenvalue weighted by atomic mass is 16.3. The van der Waals surface area contributed by atoms with Crippen LogP contribution in [-0.4, -0.2) is 16.7 Å². The van der Waals surface area contributed by atoms with Gasteiger partial charge in [0.1, 0.15) is 17.3 Å². The van der Waals surface area contributed by atoms with Gasteiger partial charge < -0.3 is 5.11 Å². The molecule has 3 nitrogen and oxygen atoms in total. The molecule has 0 aliphatic carbocycles. The van der Waals surface area contributed by atoms with Crippen LogP contribution < -0.4 is 0 Å². The molecule has 0 aliphatic rings. The van der Waals surface area contributed by atoms with E-state index in [9.17, 15) is 14.7 Å². The summed E-state index contributed by atoms with van der Waals surface area (Å²) < 4.78 is 0. The third-order valence-corrected chi connectivity index (χ3v) is 3.75. The molecule has 0 fully saturated rings. The molecule has 0 aliphatic heterocycles. The van der Waals surface area contributed by atoms with Gasteiger partial charge in [0.05, 0.1) is 0 Å². The Kier molecular flexibility index (Phi) is 7.86. The van der Waals surface area contributed by atoms with Crippen LogP contribution in [-0.2, 0) is 16.0 Å². The van der Waals surface area contributed by atoms with E-state index < -0.39 is 0 Å². The fraction of sp³-hybridized carbons (Fsp3) is 0.579. The third kappa shape index (κ3) is 7.39. The number of phenols is 1. The van der Waals surface area contributed by atoms with Crippen molar-refractivity contribution in [3.8, 4) is 5.75 Å². The minimum Gasteiger partial charge on any atom is -0.508 e. The van der Waals surface area contributed by atoms with Gasteiger partial charge in [-0.3, -0.25) is 9.59 Å². The molecule has 3 heteroatoms. The maximum absolute atomic E-state index is 11.9. The Morgan fingerprint density at radius 3 is 2.27 bits per heavy atom. The Balaban J connectivity index is 2.18. The molecule has 0 saturated carbocycles. The zero-order valence-electron chi connectivity index (χ0n) is 14.0. The molecule has 0 aromatic heterocycles. The van der Waals surface area contributed by atoms with Gasteiger partial charge in [-0.15, -0.1) is 0 Å². The highest BCUT2D eigenvalue weighted by Gasteiger charge is 2.07. The third-order valence-electron chi connectivity index (χ3n) is 3.75. The van der Waals surface area contributed by atoms with Crippen LogP contribution in [0.1, 0.15) is 63.5 Å². The van der Waals surface area contributed by atoms with Gasteiger partial charge in [0, 0.05) is 25.7 Å². The molecule has 0 radical (unpaired) electrons. The van der Waals surface area contributed by atoms with Gasteiger partial charge >= 0.3 is 0 Å². The smallest absolute Gasteiger partial charge is 0.133 e. The van der Waals surface area contributed by atoms with Crippen molar-refractivity contribution in [2.75, 3.05) is 0 Å². The molecule has 1 aromatic rings. The Labute approximate surface area is 133 Å². The van der Waals surface area contributed by atoms with Gasteiger partial charge in [-0.25, -0.2) is 0 Å². The Morgan fingerprint density at radius 1 is 1.05 bits per heavy atom. The molecule has 122 valence electrons. The number of hydrogen-bond donors (Lipinski definition) is 1. The topological polar surface area (TPSA) is 54.4 Å². The van der Waals surface area contributed by atoms with Crippen molar-refractivity contribution in [3.05, 3.63) is 29.3 Å². The molecule has 0 spiro atoms. The number of unbranched alkanes of at least 4 members (excludes halogenated alkanes) is 1. The quantitative estimate of drug-likeness (QED) is 0.653. The Bertz CT molecular complexity index is 503. The van der Waals surface area contributed by atoms with Gasteiger partial charge in [0.2, 0.25) is 0 Å². The number of hydrogen-bond acceptors (Lipinski definition) is 3. The molecule has 0 amide bonds. The molecule has 1 rings (SSSR count). The van der Waals surface area contributed by atoms with Crippen molar-refractivity contribution in [1.82, 2.24) is 0 Å². The molecule has 0 atom stereocenters. The summed E-state index contributed by atoms with van der Waals surface area (Å²) in [4.78, 5) is 23.4. The summed E-state index contributed by atoms with van der Waals surface area (Å²) in [6.45, 7) is 5.95. The lowest BCUT2D eigenvalue weighted by molar-refractivity contribution is -0.121. The number of Topliss-reactive ketones (excluding diaryl/α,β-unsaturated/α-hetero) is 2. The summed E-state index contributed by atoms with van der Waals surface area (Å²) in [6, 6.07) is 5.46. The van der Waals surface area contributed by atoms with E-state index in [0.717, 1.165) is 24.0 Å². The zero-order valence-corrected chi connectivity index (χ0v) is 14.0. The van der Waals surface area contributed by atoms with E-state index in [4.69, 9.17) is 0 Å². The number of aromatic hydroxyl groups is 1. The van der Waals surface area contributed by atoms with Gasteiger partial charge in [-0.1, -0.05) is 26.0 Å². The van der Waals surface area contributed by atoms with E-state index in [1.54, 1.807) is 6.07 Å². The average Bonchev–Trinajstić information content (AvgIpc) is 2.44. The molecule has 0 heterocycles. The maximum atomic E-state index is 11.9. The van der Waals surface area contributed by atoms with Crippen LogP contribution in [0.4, 0.5) is 0 Å². The maximum Gasteiger partial charge on any atom is 0.133 e. The summed E-state index contributed by atoms with van der Waals surface area (Å²) >= 11 is 0.